The highest BCUT2D eigenvalue weighted by molar-refractivity contribution is 6.02. The largest absolute Gasteiger partial charge is 0.495 e. The maximum absolute atomic E-state index is 13.7. The fraction of sp³-hybridized carbons (Fsp3) is 0.263. The Morgan fingerprint density at radius 2 is 2.04 bits per heavy atom. The molecule has 0 aromatic heterocycles. The number of nitrogens with one attached hydrogen (secondary N) is 1. The molecule has 1 heterocycles. The summed E-state index contributed by atoms with van der Waals surface area (Å²) in [6.07, 6.45) is 0.0935. The van der Waals surface area contributed by atoms with E-state index in [1.165, 1.54) is 7.11 Å². The van der Waals surface area contributed by atoms with Crippen molar-refractivity contribution in [3.63, 3.8) is 0 Å². The Bertz CT molecular complexity index is 841. The van der Waals surface area contributed by atoms with Crippen molar-refractivity contribution in [1.82, 2.24) is 5.32 Å². The molecule has 0 bridgehead atoms. The zero-order chi connectivity index (χ0) is 18.7. The first-order chi connectivity index (χ1) is 12.5. The van der Waals surface area contributed by atoms with Gasteiger partial charge >= 0.3 is 0 Å². The number of hydrogen-bond acceptors (Lipinski definition) is 3. The molecule has 0 radical (unpaired) electrons. The van der Waals surface area contributed by atoms with Gasteiger partial charge < -0.3 is 15.0 Å². The van der Waals surface area contributed by atoms with Gasteiger partial charge in [-0.05, 0) is 36.8 Å². The summed E-state index contributed by atoms with van der Waals surface area (Å²) in [5.41, 5.74) is 0.586. The van der Waals surface area contributed by atoms with Gasteiger partial charge in [-0.25, -0.2) is 8.78 Å². The topological polar surface area (TPSA) is 58.6 Å². The van der Waals surface area contributed by atoms with Crippen LogP contribution in [0.5, 0.6) is 5.75 Å². The van der Waals surface area contributed by atoms with Gasteiger partial charge in [0, 0.05) is 12.1 Å². The van der Waals surface area contributed by atoms with Crippen LogP contribution in [-0.2, 0) is 16.0 Å². The van der Waals surface area contributed by atoms with E-state index in [4.69, 9.17) is 4.74 Å². The van der Waals surface area contributed by atoms with Crippen LogP contribution in [0.4, 0.5) is 14.5 Å². The van der Waals surface area contributed by atoms with E-state index in [2.05, 4.69) is 5.32 Å². The van der Waals surface area contributed by atoms with Crippen LogP contribution in [-0.4, -0.2) is 31.5 Å². The van der Waals surface area contributed by atoms with Crippen molar-refractivity contribution in [2.75, 3.05) is 18.6 Å². The van der Waals surface area contributed by atoms with Crippen LogP contribution in [0, 0.1) is 11.6 Å². The molecule has 1 aliphatic heterocycles. The standard InChI is InChI=1S/C19H18F2N2O3/c1-26-17-5-3-2-4-16(17)23-9-8-15(19(23)25)22-18(24)11-12-10-13(20)6-7-14(12)21/h2-7,10,15H,8-9,11H2,1H3,(H,22,24). The molecule has 3 rings (SSSR count). The van der Waals surface area contributed by atoms with Gasteiger partial charge in [0.25, 0.3) is 0 Å². The zero-order valence-corrected chi connectivity index (χ0v) is 14.2. The predicted octanol–water partition coefficient (Wildman–Crippen LogP) is 2.44. The summed E-state index contributed by atoms with van der Waals surface area (Å²) in [7, 11) is 1.52. The predicted molar refractivity (Wildman–Crippen MR) is 92.0 cm³/mol. The molecule has 1 atom stereocenters. The summed E-state index contributed by atoms with van der Waals surface area (Å²) < 4.78 is 32.1. The molecule has 1 N–H and O–H groups in total. The van der Waals surface area contributed by atoms with Gasteiger partial charge in [0.05, 0.1) is 19.2 Å². The number of rotatable bonds is 5. The Hall–Kier alpha value is -2.96. The molecular weight excluding hydrogens is 342 g/mol. The number of para-hydroxylation sites is 2. The van der Waals surface area contributed by atoms with Crippen molar-refractivity contribution in [3.05, 3.63) is 59.7 Å². The monoisotopic (exact) mass is 360 g/mol. The van der Waals surface area contributed by atoms with E-state index in [1.54, 1.807) is 29.2 Å². The van der Waals surface area contributed by atoms with E-state index < -0.39 is 23.6 Å². The van der Waals surface area contributed by atoms with Gasteiger partial charge in [-0.2, -0.15) is 0 Å². The average molecular weight is 360 g/mol. The van der Waals surface area contributed by atoms with E-state index in [0.29, 0.717) is 24.4 Å². The van der Waals surface area contributed by atoms with Gasteiger partial charge in [-0.15, -0.1) is 0 Å². The minimum Gasteiger partial charge on any atom is -0.495 e. The Balaban J connectivity index is 1.67. The summed E-state index contributed by atoms with van der Waals surface area (Å²) in [6.45, 7) is 0.429. The van der Waals surface area contributed by atoms with Gasteiger partial charge in [0.15, 0.2) is 0 Å². The number of carbonyl (C=O) groups is 2. The molecule has 0 spiro atoms. The Kier molecular flexibility index (Phi) is 5.16. The number of nitrogens with zero attached hydrogens (tertiary/aromatic N) is 1. The van der Waals surface area contributed by atoms with Crippen LogP contribution in [0.1, 0.15) is 12.0 Å². The van der Waals surface area contributed by atoms with Crippen molar-refractivity contribution in [1.29, 1.82) is 0 Å². The lowest BCUT2D eigenvalue weighted by Crippen LogP contribution is -2.42. The smallest absolute Gasteiger partial charge is 0.249 e. The first-order valence-electron chi connectivity index (χ1n) is 8.17. The molecule has 0 aliphatic carbocycles. The third-order valence-corrected chi connectivity index (χ3v) is 4.28. The molecule has 2 amide bonds. The fourth-order valence-electron chi connectivity index (χ4n) is 3.00. The molecule has 1 saturated heterocycles. The van der Waals surface area contributed by atoms with E-state index in [1.807, 2.05) is 0 Å². The van der Waals surface area contributed by atoms with E-state index in [9.17, 15) is 18.4 Å². The number of amides is 2. The first kappa shape index (κ1) is 17.8. The van der Waals surface area contributed by atoms with Gasteiger partial charge in [-0.3, -0.25) is 9.59 Å². The third-order valence-electron chi connectivity index (χ3n) is 4.28. The maximum Gasteiger partial charge on any atom is 0.249 e. The zero-order valence-electron chi connectivity index (χ0n) is 14.2. The minimum atomic E-state index is -0.705. The summed E-state index contributed by atoms with van der Waals surface area (Å²) in [4.78, 5) is 26.3. The number of anilines is 1. The molecule has 1 aliphatic rings. The van der Waals surface area contributed by atoms with E-state index >= 15 is 0 Å². The molecule has 1 fully saturated rings. The number of ether oxygens (including phenoxy) is 1. The SMILES string of the molecule is COc1ccccc1N1CCC(NC(=O)Cc2cc(F)ccc2F)C1=O. The Morgan fingerprint density at radius 1 is 1.27 bits per heavy atom. The molecule has 7 heteroatoms. The second-order valence-corrected chi connectivity index (χ2v) is 5.98. The molecule has 136 valence electrons. The molecule has 1 unspecified atom stereocenters. The second-order valence-electron chi connectivity index (χ2n) is 5.98. The van der Waals surface area contributed by atoms with Gasteiger partial charge in [-0.1, -0.05) is 12.1 Å². The number of carbonyl (C=O) groups excluding carboxylic acids is 2. The maximum atomic E-state index is 13.7. The quantitative estimate of drug-likeness (QED) is 0.891. The summed E-state index contributed by atoms with van der Waals surface area (Å²) >= 11 is 0. The molecule has 5 nitrogen and oxygen atoms in total. The van der Waals surface area contributed by atoms with Crippen LogP contribution in [0.25, 0.3) is 0 Å². The first-order valence-corrected chi connectivity index (χ1v) is 8.17. The summed E-state index contributed by atoms with van der Waals surface area (Å²) in [5.74, 6) is -1.50. The van der Waals surface area contributed by atoms with E-state index in [-0.39, 0.29) is 17.9 Å². The lowest BCUT2D eigenvalue weighted by atomic mass is 10.1. The lowest BCUT2D eigenvalue weighted by molar-refractivity contribution is -0.126. The number of methoxy groups -OCH3 is 1. The Morgan fingerprint density at radius 3 is 2.81 bits per heavy atom. The van der Waals surface area contributed by atoms with Gasteiger partial charge in [0.1, 0.15) is 23.4 Å². The normalized spacial score (nSPS) is 16.7. The van der Waals surface area contributed by atoms with Crippen molar-refractivity contribution in [2.24, 2.45) is 0 Å². The Labute approximate surface area is 149 Å². The molecule has 2 aromatic carbocycles. The van der Waals surface area contributed by atoms with Crippen molar-refractivity contribution >= 4 is 17.5 Å². The highest BCUT2D eigenvalue weighted by Gasteiger charge is 2.34. The third kappa shape index (κ3) is 3.66. The highest BCUT2D eigenvalue weighted by Crippen LogP contribution is 2.31. The van der Waals surface area contributed by atoms with Crippen LogP contribution in [0.3, 0.4) is 0 Å². The number of hydrogen-bond donors (Lipinski definition) is 1. The van der Waals surface area contributed by atoms with Gasteiger partial charge in [0.2, 0.25) is 11.8 Å². The number of halogens is 2. The van der Waals surface area contributed by atoms with E-state index in [0.717, 1.165) is 18.2 Å². The molecule has 2 aromatic rings. The highest BCUT2D eigenvalue weighted by atomic mass is 19.1. The van der Waals surface area contributed by atoms with Crippen LogP contribution < -0.4 is 15.0 Å². The van der Waals surface area contributed by atoms with Crippen molar-refractivity contribution < 1.29 is 23.1 Å². The van der Waals surface area contributed by atoms with Crippen LogP contribution >= 0.6 is 0 Å². The molecule has 0 saturated carbocycles. The molecular formula is C19H18F2N2O3. The molecule has 26 heavy (non-hydrogen) atoms. The summed E-state index contributed by atoms with van der Waals surface area (Å²) in [6, 6.07) is 9.35. The van der Waals surface area contributed by atoms with Crippen molar-refractivity contribution in [3.8, 4) is 5.75 Å². The number of benzene rings is 2. The average Bonchev–Trinajstić information content (AvgIpc) is 2.98. The minimum absolute atomic E-state index is 0.0467. The van der Waals surface area contributed by atoms with Crippen LogP contribution in [0.2, 0.25) is 0 Å². The van der Waals surface area contributed by atoms with Crippen LogP contribution in [0.15, 0.2) is 42.5 Å². The fourth-order valence-corrected chi connectivity index (χ4v) is 3.00. The summed E-state index contributed by atoms with van der Waals surface area (Å²) in [5, 5.41) is 2.60. The second kappa shape index (κ2) is 7.51. The lowest BCUT2D eigenvalue weighted by Gasteiger charge is -2.19. The van der Waals surface area contributed by atoms with Crippen molar-refractivity contribution in [2.45, 2.75) is 18.9 Å².